The predicted octanol–water partition coefficient (Wildman–Crippen LogP) is 3.87. The number of alkyl halides is 3. The molecule has 2 unspecified atom stereocenters. The van der Waals surface area contributed by atoms with Gasteiger partial charge in [-0.15, -0.1) is 0 Å². The second-order valence-corrected chi connectivity index (χ2v) is 9.44. The van der Waals surface area contributed by atoms with Crippen LogP contribution in [0.15, 0.2) is 54.6 Å². The first-order valence-electron chi connectivity index (χ1n) is 9.70. The first-order chi connectivity index (χ1) is 14.3. The van der Waals surface area contributed by atoms with Gasteiger partial charge < -0.3 is 9.64 Å². The molecule has 2 aliphatic rings. The van der Waals surface area contributed by atoms with Crippen molar-refractivity contribution in [2.24, 2.45) is 0 Å². The maximum atomic E-state index is 14.2. The van der Waals surface area contributed by atoms with E-state index in [0.717, 1.165) is 18.2 Å². The SMILES string of the molecule is COC(C(=O)N1CCC2(CC1)c1ccccc1CS2=O)(c1ccccc1)C(F)(F)F. The van der Waals surface area contributed by atoms with Gasteiger partial charge in [-0.1, -0.05) is 54.6 Å². The van der Waals surface area contributed by atoms with Crippen LogP contribution >= 0.6 is 0 Å². The maximum Gasteiger partial charge on any atom is 0.430 e. The van der Waals surface area contributed by atoms with Gasteiger partial charge in [0.15, 0.2) is 0 Å². The Morgan fingerprint density at radius 1 is 1.03 bits per heavy atom. The molecule has 8 heteroatoms. The fourth-order valence-corrected chi connectivity index (χ4v) is 6.58. The topological polar surface area (TPSA) is 46.6 Å². The monoisotopic (exact) mass is 437 g/mol. The number of amides is 1. The lowest BCUT2D eigenvalue weighted by molar-refractivity contribution is -0.270. The van der Waals surface area contributed by atoms with Gasteiger partial charge in [-0.3, -0.25) is 9.00 Å². The number of halogens is 3. The molecule has 2 aromatic rings. The summed E-state index contributed by atoms with van der Waals surface area (Å²) in [6.45, 7) is 0.180. The van der Waals surface area contributed by atoms with Crippen molar-refractivity contribution in [1.29, 1.82) is 0 Å². The summed E-state index contributed by atoms with van der Waals surface area (Å²) in [5, 5.41) is 0. The molecule has 0 aromatic heterocycles. The third kappa shape index (κ3) is 3.00. The number of ether oxygens (including phenoxy) is 1. The molecule has 0 radical (unpaired) electrons. The Labute approximate surface area is 175 Å². The van der Waals surface area contributed by atoms with E-state index in [4.69, 9.17) is 4.74 Å². The van der Waals surface area contributed by atoms with Crippen molar-refractivity contribution >= 4 is 16.7 Å². The van der Waals surface area contributed by atoms with Gasteiger partial charge in [0, 0.05) is 42.3 Å². The van der Waals surface area contributed by atoms with Gasteiger partial charge >= 0.3 is 6.18 Å². The Kier molecular flexibility index (Phi) is 5.26. The number of rotatable bonds is 3. The van der Waals surface area contributed by atoms with Gasteiger partial charge in [0.2, 0.25) is 0 Å². The van der Waals surface area contributed by atoms with Gasteiger partial charge in [0.25, 0.3) is 11.5 Å². The molecular formula is C22H22F3NO3S. The predicted molar refractivity (Wildman–Crippen MR) is 107 cm³/mol. The molecule has 1 spiro atoms. The second-order valence-electron chi connectivity index (χ2n) is 7.68. The van der Waals surface area contributed by atoms with Gasteiger partial charge in [-0.2, -0.15) is 13.2 Å². The first kappa shape index (κ1) is 21.1. The lowest BCUT2D eigenvalue weighted by atomic mass is 9.84. The summed E-state index contributed by atoms with van der Waals surface area (Å²) >= 11 is 0. The van der Waals surface area contributed by atoms with Crippen molar-refractivity contribution < 1.29 is 26.9 Å². The molecule has 1 fully saturated rings. The lowest BCUT2D eigenvalue weighted by Gasteiger charge is -2.43. The normalized spacial score (nSPS) is 22.5. The number of likely N-dealkylation sites (tertiary alicyclic amines) is 1. The zero-order valence-corrected chi connectivity index (χ0v) is 17.3. The molecule has 1 saturated heterocycles. The summed E-state index contributed by atoms with van der Waals surface area (Å²) in [5.74, 6) is -0.686. The van der Waals surface area contributed by atoms with Crippen LogP contribution in [-0.4, -0.2) is 41.4 Å². The van der Waals surface area contributed by atoms with Crippen LogP contribution in [0.3, 0.4) is 0 Å². The first-order valence-corrected chi connectivity index (χ1v) is 11.0. The summed E-state index contributed by atoms with van der Waals surface area (Å²) in [5.41, 5.74) is -1.31. The molecule has 0 N–H and O–H groups in total. The van der Waals surface area contributed by atoms with Crippen molar-refractivity contribution in [3.8, 4) is 0 Å². The van der Waals surface area contributed by atoms with Crippen molar-refractivity contribution in [2.45, 2.75) is 35.1 Å². The lowest BCUT2D eigenvalue weighted by Crippen LogP contribution is -2.59. The highest BCUT2D eigenvalue weighted by molar-refractivity contribution is 7.85. The molecule has 0 saturated carbocycles. The van der Waals surface area contributed by atoms with E-state index in [9.17, 15) is 22.2 Å². The minimum absolute atomic E-state index is 0.0902. The van der Waals surface area contributed by atoms with Crippen molar-refractivity contribution in [3.63, 3.8) is 0 Å². The van der Waals surface area contributed by atoms with E-state index >= 15 is 0 Å². The van der Waals surface area contributed by atoms with Crippen LogP contribution in [0, 0.1) is 0 Å². The van der Waals surface area contributed by atoms with E-state index in [1.165, 1.54) is 29.2 Å². The Hall–Kier alpha value is -2.19. The summed E-state index contributed by atoms with van der Waals surface area (Å²) in [6, 6.07) is 14.6. The van der Waals surface area contributed by atoms with Crippen LogP contribution < -0.4 is 0 Å². The zero-order chi connectivity index (χ0) is 21.6. The molecule has 2 aromatic carbocycles. The third-order valence-corrected chi connectivity index (χ3v) is 8.35. The van der Waals surface area contributed by atoms with E-state index < -0.39 is 33.2 Å². The minimum Gasteiger partial charge on any atom is -0.356 e. The van der Waals surface area contributed by atoms with Crippen LogP contribution in [0.25, 0.3) is 0 Å². The molecule has 30 heavy (non-hydrogen) atoms. The highest BCUT2D eigenvalue weighted by atomic mass is 32.2. The minimum atomic E-state index is -4.93. The van der Waals surface area contributed by atoms with E-state index in [1.807, 2.05) is 24.3 Å². The number of benzene rings is 2. The molecule has 1 amide bonds. The Balaban J connectivity index is 1.64. The summed E-state index contributed by atoms with van der Waals surface area (Å²) in [7, 11) is -0.251. The van der Waals surface area contributed by atoms with E-state index in [-0.39, 0.29) is 18.7 Å². The highest BCUT2D eigenvalue weighted by Crippen LogP contribution is 2.48. The molecule has 2 aliphatic heterocycles. The molecule has 0 aliphatic carbocycles. The van der Waals surface area contributed by atoms with Crippen molar-refractivity contribution in [3.05, 3.63) is 71.3 Å². The van der Waals surface area contributed by atoms with Crippen LogP contribution in [0.1, 0.15) is 29.5 Å². The Bertz CT molecular complexity index is 971. The Morgan fingerprint density at radius 3 is 2.23 bits per heavy atom. The average Bonchev–Trinajstić information content (AvgIpc) is 3.00. The number of hydrogen-bond acceptors (Lipinski definition) is 3. The quantitative estimate of drug-likeness (QED) is 0.733. The number of methoxy groups -OCH3 is 1. The van der Waals surface area contributed by atoms with Crippen LogP contribution in [0.5, 0.6) is 0 Å². The van der Waals surface area contributed by atoms with Gasteiger partial charge in [-0.25, -0.2) is 0 Å². The molecular weight excluding hydrogens is 415 g/mol. The number of hydrogen-bond donors (Lipinski definition) is 0. The molecule has 2 atom stereocenters. The van der Waals surface area contributed by atoms with Crippen LogP contribution in [0.4, 0.5) is 13.2 Å². The van der Waals surface area contributed by atoms with Crippen LogP contribution in [0.2, 0.25) is 0 Å². The summed E-state index contributed by atoms with van der Waals surface area (Å²) in [4.78, 5) is 14.4. The molecule has 0 bridgehead atoms. The van der Waals surface area contributed by atoms with Gasteiger partial charge in [-0.05, 0) is 24.0 Å². The molecule has 4 rings (SSSR count). The Morgan fingerprint density at radius 2 is 1.63 bits per heavy atom. The van der Waals surface area contributed by atoms with Crippen molar-refractivity contribution in [2.75, 3.05) is 20.2 Å². The number of carbonyl (C=O) groups is 1. The van der Waals surface area contributed by atoms with Crippen LogP contribution in [-0.2, 0) is 36.4 Å². The number of nitrogens with zero attached hydrogens (tertiary/aromatic N) is 1. The van der Waals surface area contributed by atoms with Gasteiger partial charge in [0.05, 0.1) is 4.75 Å². The smallest absolute Gasteiger partial charge is 0.356 e. The number of piperidine rings is 1. The summed E-state index contributed by atoms with van der Waals surface area (Å²) in [6.07, 6.45) is -4.22. The fraction of sp³-hybridized carbons (Fsp3) is 0.409. The number of fused-ring (bicyclic) bond motifs is 2. The average molecular weight is 437 g/mol. The number of carbonyl (C=O) groups excluding carboxylic acids is 1. The molecule has 2 heterocycles. The zero-order valence-electron chi connectivity index (χ0n) is 16.4. The largest absolute Gasteiger partial charge is 0.430 e. The van der Waals surface area contributed by atoms with E-state index in [0.29, 0.717) is 18.6 Å². The van der Waals surface area contributed by atoms with E-state index in [2.05, 4.69) is 0 Å². The van der Waals surface area contributed by atoms with E-state index in [1.54, 1.807) is 6.07 Å². The molecule has 4 nitrogen and oxygen atoms in total. The summed E-state index contributed by atoms with van der Waals surface area (Å²) < 4.78 is 59.8. The van der Waals surface area contributed by atoms with Crippen molar-refractivity contribution in [1.82, 2.24) is 4.90 Å². The van der Waals surface area contributed by atoms with Gasteiger partial charge in [0.1, 0.15) is 0 Å². The molecule has 160 valence electrons. The maximum absolute atomic E-state index is 14.2. The second kappa shape index (κ2) is 7.50. The third-order valence-electron chi connectivity index (χ3n) is 6.28. The fourth-order valence-electron chi connectivity index (χ4n) is 4.69. The highest BCUT2D eigenvalue weighted by Gasteiger charge is 2.64. The standard InChI is InChI=1S/C22H22F3NO3S/c1-29-21(22(23,24)25,17-8-3-2-4-9-17)19(27)26-13-11-20(12-14-26)18-10-6-5-7-16(18)15-30(20)28/h2-10H,11-15H2,1H3.